The molecule has 2 aliphatic rings. The number of esters is 4. The van der Waals surface area contributed by atoms with Crippen LogP contribution in [0.3, 0.4) is 0 Å². The van der Waals surface area contributed by atoms with E-state index in [-0.39, 0.29) is 55.7 Å². The average Bonchev–Trinajstić information content (AvgIpc) is 3.25. The van der Waals surface area contributed by atoms with Crippen molar-refractivity contribution in [3.63, 3.8) is 0 Å². The summed E-state index contributed by atoms with van der Waals surface area (Å²) in [4.78, 5) is 101. The molecule has 2 aromatic rings. The first-order valence-electron chi connectivity index (χ1n) is 22.0. The summed E-state index contributed by atoms with van der Waals surface area (Å²) in [6, 6.07) is 10.4. The molecule has 7 atom stereocenters. The van der Waals surface area contributed by atoms with Gasteiger partial charge in [-0.15, -0.1) is 5.92 Å². The largest absolute Gasteiger partial charge is 0.481 e. The maximum absolute atomic E-state index is 13.9. The third-order valence-corrected chi connectivity index (χ3v) is 10.5. The molecule has 1 aliphatic carbocycles. The molecule has 68 heavy (non-hydrogen) atoms. The SMILES string of the molecule is COC(=O)[C@H]1O[C@@H](Oc2ccc(COC(=O)Nc3ccc(CC(N)CC(C)(C)C(=O)O)cc3)cc2C(=O)NCCNC(=O)COC2C#CCCCCC2)[C@H](OC(C)=O)[C@@H](OC(C)=O)[C@@H]1OC(C)=O. The molecule has 1 fully saturated rings. The van der Waals surface area contributed by atoms with Gasteiger partial charge < -0.3 is 59.4 Å². The van der Waals surface area contributed by atoms with Gasteiger partial charge in [0.05, 0.1) is 18.1 Å². The molecule has 6 N–H and O–H groups in total. The normalized spacial score (nSPS) is 20.5. The summed E-state index contributed by atoms with van der Waals surface area (Å²) in [5.74, 6) is -0.0702. The first-order chi connectivity index (χ1) is 32.3. The van der Waals surface area contributed by atoms with Crippen LogP contribution in [-0.2, 0) is 75.0 Å². The van der Waals surface area contributed by atoms with Gasteiger partial charge in [0.2, 0.25) is 18.3 Å². The van der Waals surface area contributed by atoms with Gasteiger partial charge in [0, 0.05) is 52.0 Å². The van der Waals surface area contributed by atoms with Crippen molar-refractivity contribution in [2.45, 2.75) is 129 Å². The number of nitrogens with two attached hydrogens (primary N) is 1. The lowest BCUT2D eigenvalue weighted by molar-refractivity contribution is -0.282. The molecule has 1 heterocycles. The molecule has 0 bridgehead atoms. The van der Waals surface area contributed by atoms with E-state index in [1.807, 2.05) is 0 Å². The van der Waals surface area contributed by atoms with Crippen molar-refractivity contribution < 1.29 is 81.4 Å². The molecule has 370 valence electrons. The number of ether oxygens (including phenoxy) is 8. The van der Waals surface area contributed by atoms with E-state index >= 15 is 0 Å². The van der Waals surface area contributed by atoms with E-state index in [0.29, 0.717) is 18.5 Å². The average molecular weight is 953 g/mol. The van der Waals surface area contributed by atoms with Gasteiger partial charge in [0.1, 0.15) is 25.1 Å². The minimum absolute atomic E-state index is 0.0111. The number of carbonyl (C=O) groups excluding carboxylic acids is 7. The summed E-state index contributed by atoms with van der Waals surface area (Å²) in [6.07, 6.45) is -4.70. The second-order valence-corrected chi connectivity index (χ2v) is 16.7. The quantitative estimate of drug-likeness (QED) is 0.0520. The first-order valence-corrected chi connectivity index (χ1v) is 22.0. The molecule has 2 unspecified atom stereocenters. The molecule has 1 aliphatic heterocycles. The van der Waals surface area contributed by atoms with Crippen LogP contribution in [0.25, 0.3) is 0 Å². The molecular weight excluding hydrogens is 893 g/mol. The Hall–Kier alpha value is -6.76. The molecule has 0 aromatic heterocycles. The lowest BCUT2D eigenvalue weighted by Gasteiger charge is -2.43. The van der Waals surface area contributed by atoms with Gasteiger partial charge in [-0.2, -0.15) is 0 Å². The molecule has 3 amide bonds. The van der Waals surface area contributed by atoms with Crippen molar-refractivity contribution in [3.05, 3.63) is 59.2 Å². The van der Waals surface area contributed by atoms with Crippen molar-refractivity contribution >= 4 is 53.4 Å². The number of benzene rings is 2. The van der Waals surface area contributed by atoms with Crippen molar-refractivity contribution in [1.29, 1.82) is 0 Å². The molecule has 1 saturated heterocycles. The number of methoxy groups -OCH3 is 1. The molecule has 21 heteroatoms. The fourth-order valence-corrected chi connectivity index (χ4v) is 7.20. The molecule has 0 spiro atoms. The highest BCUT2D eigenvalue weighted by atomic mass is 16.7. The van der Waals surface area contributed by atoms with Crippen molar-refractivity contribution in [2.75, 3.05) is 32.1 Å². The van der Waals surface area contributed by atoms with Gasteiger partial charge >= 0.3 is 35.9 Å². The maximum atomic E-state index is 13.9. The minimum Gasteiger partial charge on any atom is -0.481 e. The van der Waals surface area contributed by atoms with Gasteiger partial charge in [-0.05, 0) is 81.3 Å². The zero-order valence-corrected chi connectivity index (χ0v) is 38.9. The monoisotopic (exact) mass is 952 g/mol. The predicted molar refractivity (Wildman–Crippen MR) is 238 cm³/mol. The Kier molecular flexibility index (Phi) is 20.6. The van der Waals surface area contributed by atoms with Crippen molar-refractivity contribution in [1.82, 2.24) is 10.6 Å². The molecule has 0 radical (unpaired) electrons. The van der Waals surface area contributed by atoms with E-state index < -0.39 is 89.9 Å². The maximum Gasteiger partial charge on any atom is 0.411 e. The molecule has 4 rings (SSSR count). The Morgan fingerprint density at radius 2 is 1.50 bits per heavy atom. The fourth-order valence-electron chi connectivity index (χ4n) is 7.20. The summed E-state index contributed by atoms with van der Waals surface area (Å²) in [6.45, 7) is 5.61. The van der Waals surface area contributed by atoms with Crippen LogP contribution in [0.2, 0.25) is 0 Å². The molecule has 21 nitrogen and oxygen atoms in total. The van der Waals surface area contributed by atoms with Crippen LogP contribution in [0.1, 0.15) is 94.6 Å². The molecule has 2 aromatic carbocycles. The summed E-state index contributed by atoms with van der Waals surface area (Å²) < 4.78 is 44.2. The number of anilines is 1. The zero-order chi connectivity index (χ0) is 50.0. The Balaban J connectivity index is 1.53. The lowest BCUT2D eigenvalue weighted by Crippen LogP contribution is -2.64. The zero-order valence-electron chi connectivity index (χ0n) is 38.9. The predicted octanol–water partition coefficient (Wildman–Crippen LogP) is 3.08. The number of hydrogen-bond donors (Lipinski definition) is 5. The van der Waals surface area contributed by atoms with Gasteiger partial charge in [0.15, 0.2) is 18.3 Å². The Morgan fingerprint density at radius 3 is 2.16 bits per heavy atom. The number of carbonyl (C=O) groups is 8. The Labute approximate surface area is 393 Å². The van der Waals surface area contributed by atoms with Crippen LogP contribution in [0.4, 0.5) is 10.5 Å². The van der Waals surface area contributed by atoms with Crippen LogP contribution < -0.4 is 26.4 Å². The molecular formula is C47H60N4O17. The standard InChI is InChI=1S/C47H60N4O17/c1-27(52)64-38-39(65-28(2)53)41(66-29(3)54)44(68-40(38)43(57)61-6)67-36-19-16-31(23-35(36)42(56)50-21-20-49-37(55)26-62-34-12-10-8-7-9-11-13-34)25-63-46(60)51-33-17-14-30(15-18-33)22-32(48)24-47(4,5)45(58)59/h14-19,23,32,34,38-41,44H,7-10,12,20-22,24-26,48H2,1-6H3,(H,49,55)(H,50,56)(H,51,60)(H,58,59)/t32?,34?,38-,39-,40-,41+,44+/m0/s1. The van der Waals surface area contributed by atoms with E-state index in [1.54, 1.807) is 38.1 Å². The van der Waals surface area contributed by atoms with Crippen LogP contribution in [0, 0.1) is 17.3 Å². The fraction of sp³-hybridized carbons (Fsp3) is 0.532. The Bertz CT molecular complexity index is 2190. The third-order valence-electron chi connectivity index (χ3n) is 10.5. The van der Waals surface area contributed by atoms with E-state index in [1.165, 1.54) is 18.2 Å². The van der Waals surface area contributed by atoms with Gasteiger partial charge in [0.25, 0.3) is 5.91 Å². The highest BCUT2D eigenvalue weighted by molar-refractivity contribution is 5.97. The summed E-state index contributed by atoms with van der Waals surface area (Å²) in [5.41, 5.74) is 6.53. The van der Waals surface area contributed by atoms with Crippen LogP contribution >= 0.6 is 0 Å². The number of nitrogens with one attached hydrogen (secondary N) is 3. The lowest BCUT2D eigenvalue weighted by atomic mass is 9.84. The number of rotatable bonds is 21. The summed E-state index contributed by atoms with van der Waals surface area (Å²) in [7, 11) is 1.03. The van der Waals surface area contributed by atoms with Gasteiger partial charge in [-0.3, -0.25) is 34.1 Å². The number of carboxylic acid groups (broad SMARTS) is 1. The highest BCUT2D eigenvalue weighted by Gasteiger charge is 2.56. The van der Waals surface area contributed by atoms with Gasteiger partial charge in [-0.1, -0.05) is 30.5 Å². The van der Waals surface area contributed by atoms with Gasteiger partial charge in [-0.25, -0.2) is 9.59 Å². The molecule has 0 saturated carbocycles. The van der Waals surface area contributed by atoms with E-state index in [0.717, 1.165) is 59.1 Å². The van der Waals surface area contributed by atoms with Crippen LogP contribution in [0.5, 0.6) is 5.75 Å². The topological polar surface area (TPSA) is 293 Å². The Morgan fingerprint density at radius 1 is 0.853 bits per heavy atom. The number of aliphatic carboxylic acids is 1. The third kappa shape index (κ3) is 17.2. The van der Waals surface area contributed by atoms with E-state index in [4.69, 9.17) is 43.6 Å². The van der Waals surface area contributed by atoms with Crippen LogP contribution in [-0.4, -0.2) is 123 Å². The van der Waals surface area contributed by atoms with E-state index in [9.17, 15) is 43.5 Å². The van der Waals surface area contributed by atoms with Crippen molar-refractivity contribution in [3.8, 4) is 17.6 Å². The number of hydrogen-bond acceptors (Lipinski definition) is 17. The van der Waals surface area contributed by atoms with Crippen molar-refractivity contribution in [2.24, 2.45) is 11.1 Å². The van der Waals surface area contributed by atoms with E-state index in [2.05, 4.69) is 27.8 Å². The minimum atomic E-state index is -1.81. The smallest absolute Gasteiger partial charge is 0.411 e. The summed E-state index contributed by atoms with van der Waals surface area (Å²) >= 11 is 0. The summed E-state index contributed by atoms with van der Waals surface area (Å²) in [5, 5.41) is 17.4. The van der Waals surface area contributed by atoms with Crippen LogP contribution in [0.15, 0.2) is 42.5 Å². The number of amides is 3. The highest BCUT2D eigenvalue weighted by Crippen LogP contribution is 2.33. The second-order valence-electron chi connectivity index (χ2n) is 16.7. The number of carboxylic acids is 1. The first kappa shape index (κ1) is 53.9. The second kappa shape index (κ2) is 26.0.